The van der Waals surface area contributed by atoms with Crippen molar-refractivity contribution in [2.24, 2.45) is 11.8 Å². The lowest BCUT2D eigenvalue weighted by Gasteiger charge is -2.39. The number of nitrogens with one attached hydrogen (secondary N) is 1. The molecule has 2 aliphatic rings. The van der Waals surface area contributed by atoms with Gasteiger partial charge in [0, 0.05) is 24.8 Å². The van der Waals surface area contributed by atoms with Crippen LogP contribution in [0.5, 0.6) is 0 Å². The number of rotatable bonds is 10. The Balaban J connectivity index is 2.00. The fourth-order valence-electron chi connectivity index (χ4n) is 4.55. The number of carbonyl (C=O) groups is 2. The molecule has 2 heterocycles. The molecule has 7 heteroatoms. The molecule has 204 valence electrons. The Kier molecular flexibility index (Phi) is 12.6. The lowest BCUT2D eigenvalue weighted by atomic mass is 9.87. The van der Waals surface area contributed by atoms with Crippen LogP contribution in [0.1, 0.15) is 53.9 Å². The lowest BCUT2D eigenvalue weighted by Crippen LogP contribution is -2.51. The summed E-state index contributed by atoms with van der Waals surface area (Å²) >= 11 is 0. The van der Waals surface area contributed by atoms with Gasteiger partial charge in [-0.25, -0.2) is 9.59 Å². The van der Waals surface area contributed by atoms with Crippen molar-refractivity contribution < 1.29 is 28.9 Å². The Labute approximate surface area is 221 Å². The third-order valence-electron chi connectivity index (χ3n) is 6.54. The van der Waals surface area contributed by atoms with Gasteiger partial charge in [0.2, 0.25) is 0 Å². The Morgan fingerprint density at radius 2 is 2.08 bits per heavy atom. The fraction of sp³-hybridized carbons (Fsp3) is 0.533. The maximum Gasteiger partial charge on any atom is 0.407 e. The number of hydrogen-bond acceptors (Lipinski definition) is 6. The van der Waals surface area contributed by atoms with E-state index in [9.17, 15) is 14.7 Å². The van der Waals surface area contributed by atoms with Gasteiger partial charge >= 0.3 is 12.1 Å². The van der Waals surface area contributed by atoms with Crippen LogP contribution in [0.2, 0.25) is 0 Å². The first-order valence-electron chi connectivity index (χ1n) is 13.0. The molecule has 37 heavy (non-hydrogen) atoms. The van der Waals surface area contributed by atoms with Crippen LogP contribution in [0.25, 0.3) is 0 Å². The molecule has 2 aliphatic heterocycles. The van der Waals surface area contributed by atoms with Gasteiger partial charge in [0.1, 0.15) is 6.10 Å². The molecule has 0 spiro atoms. The van der Waals surface area contributed by atoms with Crippen molar-refractivity contribution in [1.82, 2.24) is 5.32 Å². The zero-order valence-corrected chi connectivity index (χ0v) is 22.9. The molecule has 0 unspecified atom stereocenters. The van der Waals surface area contributed by atoms with E-state index in [0.29, 0.717) is 18.8 Å². The van der Waals surface area contributed by atoms with E-state index in [0.717, 1.165) is 12.0 Å². The summed E-state index contributed by atoms with van der Waals surface area (Å²) in [6.45, 7) is 10.1. The van der Waals surface area contributed by atoms with E-state index >= 15 is 0 Å². The molecule has 2 rings (SSSR count). The highest BCUT2D eigenvalue weighted by Gasteiger charge is 2.37. The summed E-state index contributed by atoms with van der Waals surface area (Å²) < 4.78 is 16.3. The van der Waals surface area contributed by atoms with Crippen LogP contribution in [-0.2, 0) is 19.0 Å². The number of hydrogen-bond donors (Lipinski definition) is 2. The number of aliphatic hydroxyl groups excluding tert-OH is 1. The van der Waals surface area contributed by atoms with E-state index in [1.807, 2.05) is 69.4 Å². The zero-order valence-electron chi connectivity index (χ0n) is 22.9. The first-order valence-corrected chi connectivity index (χ1v) is 13.0. The van der Waals surface area contributed by atoms with Gasteiger partial charge in [-0.1, -0.05) is 73.6 Å². The minimum atomic E-state index is -0.545. The van der Waals surface area contributed by atoms with Gasteiger partial charge in [-0.05, 0) is 39.2 Å². The largest absolute Gasteiger partial charge is 0.455 e. The first kappa shape index (κ1) is 30.3. The highest BCUT2D eigenvalue weighted by atomic mass is 16.5. The number of allylic oxidation sites excluding steroid dienone is 7. The second-order valence-corrected chi connectivity index (χ2v) is 9.95. The molecule has 1 fully saturated rings. The van der Waals surface area contributed by atoms with Gasteiger partial charge in [-0.15, -0.1) is 0 Å². The maximum absolute atomic E-state index is 12.0. The van der Waals surface area contributed by atoms with Gasteiger partial charge in [0.25, 0.3) is 0 Å². The van der Waals surface area contributed by atoms with E-state index in [1.54, 1.807) is 0 Å². The first-order chi connectivity index (χ1) is 17.6. The average molecular weight is 514 g/mol. The van der Waals surface area contributed by atoms with Crippen molar-refractivity contribution in [1.29, 1.82) is 0 Å². The number of alkyl carbamates (subject to hydrolysis) is 1. The molecule has 0 aliphatic carbocycles. The monoisotopic (exact) mass is 513 g/mol. The molecule has 7 atom stereocenters. The second kappa shape index (κ2) is 15.4. The van der Waals surface area contributed by atoms with E-state index in [-0.39, 0.29) is 30.2 Å². The number of amides is 1. The number of aliphatic hydroxyl groups is 1. The average Bonchev–Trinajstić information content (AvgIpc) is 2.84. The zero-order chi connectivity index (χ0) is 27.4. The van der Waals surface area contributed by atoms with E-state index in [2.05, 4.69) is 25.2 Å². The topological polar surface area (TPSA) is 94.1 Å². The van der Waals surface area contributed by atoms with Gasteiger partial charge in [-0.3, -0.25) is 0 Å². The Hall–Kier alpha value is -2.90. The predicted octanol–water partition coefficient (Wildman–Crippen LogP) is 5.34. The molecule has 0 aromatic rings. The van der Waals surface area contributed by atoms with Gasteiger partial charge in [0.05, 0.1) is 31.5 Å². The van der Waals surface area contributed by atoms with Crippen LogP contribution in [-0.4, -0.2) is 54.7 Å². The van der Waals surface area contributed by atoms with Crippen LogP contribution in [0.15, 0.2) is 71.9 Å². The third-order valence-corrected chi connectivity index (χ3v) is 6.54. The normalized spacial score (nSPS) is 29.1. The SMILES string of the molecule is C/C=C/[C@@H]1O[C@H]([C@H](/C=C/C=C(\C)C[C@@H](C)/C=C(C)\C=C\[C@H]2CC=CC(=O)O2)NC(=O)OC)C[C@@H](O)[C@@H]1C. The number of carbonyl (C=O) groups excluding carboxylic acids is 2. The summed E-state index contributed by atoms with van der Waals surface area (Å²) in [5.41, 5.74) is 2.30. The smallest absolute Gasteiger partial charge is 0.407 e. The Morgan fingerprint density at radius 3 is 2.76 bits per heavy atom. The Bertz CT molecular complexity index is 944. The molecule has 0 aromatic heterocycles. The van der Waals surface area contributed by atoms with Crippen molar-refractivity contribution >= 4 is 12.1 Å². The predicted molar refractivity (Wildman–Crippen MR) is 146 cm³/mol. The summed E-state index contributed by atoms with van der Waals surface area (Å²) in [7, 11) is 1.33. The highest BCUT2D eigenvalue weighted by molar-refractivity contribution is 5.82. The molecular formula is C30H43NO6. The number of esters is 1. The van der Waals surface area contributed by atoms with E-state index in [1.165, 1.54) is 18.8 Å². The fourth-order valence-corrected chi connectivity index (χ4v) is 4.55. The molecule has 7 nitrogen and oxygen atoms in total. The summed E-state index contributed by atoms with van der Waals surface area (Å²) in [4.78, 5) is 23.3. The van der Waals surface area contributed by atoms with Crippen molar-refractivity contribution in [3.05, 3.63) is 71.9 Å². The molecule has 1 amide bonds. The minimum Gasteiger partial charge on any atom is -0.455 e. The molecule has 0 bridgehead atoms. The number of methoxy groups -OCH3 is 1. The molecule has 1 saturated heterocycles. The summed E-state index contributed by atoms with van der Waals surface area (Å²) in [5, 5.41) is 13.4. The standard InChI is InChI=1S/C30H43NO6/c1-7-10-27-23(5)26(32)19-28(37-27)25(31-30(34)35-6)13-8-11-20(2)17-22(4)18-21(3)15-16-24-12-9-14-29(33)36-24/h7-11,13-16,18,22-28,32H,12,17,19H2,1-6H3,(H,31,34)/b10-7+,13-8+,16-15+,20-11+,21-18-/t22-,23+,24-,25+,26-,27+,28+/m1/s1. The van der Waals surface area contributed by atoms with Gasteiger partial charge in [-0.2, -0.15) is 0 Å². The highest BCUT2D eigenvalue weighted by Crippen LogP contribution is 2.28. The van der Waals surface area contributed by atoms with Crippen molar-refractivity contribution in [3.63, 3.8) is 0 Å². The van der Waals surface area contributed by atoms with Gasteiger partial charge in [0.15, 0.2) is 0 Å². The van der Waals surface area contributed by atoms with Crippen LogP contribution >= 0.6 is 0 Å². The Morgan fingerprint density at radius 1 is 1.32 bits per heavy atom. The summed E-state index contributed by atoms with van der Waals surface area (Å²) in [6.07, 6.45) is 19.2. The van der Waals surface area contributed by atoms with E-state index in [4.69, 9.17) is 14.2 Å². The molecule has 0 saturated carbocycles. The molecule has 2 N–H and O–H groups in total. The maximum atomic E-state index is 12.0. The van der Waals surface area contributed by atoms with Crippen LogP contribution in [0, 0.1) is 11.8 Å². The van der Waals surface area contributed by atoms with E-state index < -0.39 is 18.2 Å². The van der Waals surface area contributed by atoms with Crippen LogP contribution < -0.4 is 5.32 Å². The summed E-state index contributed by atoms with van der Waals surface area (Å²) in [5.74, 6) is -0.0150. The lowest BCUT2D eigenvalue weighted by molar-refractivity contribution is -0.141. The van der Waals surface area contributed by atoms with Crippen molar-refractivity contribution in [3.8, 4) is 0 Å². The number of ether oxygens (including phenoxy) is 3. The quantitative estimate of drug-likeness (QED) is 0.233. The van der Waals surface area contributed by atoms with Crippen LogP contribution in [0.3, 0.4) is 0 Å². The second-order valence-electron chi connectivity index (χ2n) is 9.95. The molecule has 0 aromatic carbocycles. The van der Waals surface area contributed by atoms with Crippen LogP contribution in [0.4, 0.5) is 4.79 Å². The molecular weight excluding hydrogens is 470 g/mol. The number of cyclic esters (lactones) is 1. The van der Waals surface area contributed by atoms with Crippen molar-refractivity contribution in [2.45, 2.75) is 84.3 Å². The van der Waals surface area contributed by atoms with Crippen molar-refractivity contribution in [2.75, 3.05) is 7.11 Å². The molecule has 0 radical (unpaired) electrons. The van der Waals surface area contributed by atoms with Gasteiger partial charge < -0.3 is 24.6 Å². The minimum absolute atomic E-state index is 0.0280. The summed E-state index contributed by atoms with van der Waals surface area (Å²) in [6, 6.07) is -0.445. The third kappa shape index (κ3) is 10.5.